The van der Waals surface area contributed by atoms with E-state index in [0.717, 1.165) is 34.4 Å². The number of benzene rings is 1. The van der Waals surface area contributed by atoms with Crippen LogP contribution in [0.15, 0.2) is 16.6 Å². The normalized spacial score (nSPS) is 17.0. The van der Waals surface area contributed by atoms with Gasteiger partial charge in [0.05, 0.1) is 20.8 Å². The number of hydrogen-bond donors (Lipinski definition) is 1. The van der Waals surface area contributed by atoms with Crippen LogP contribution in [0.3, 0.4) is 0 Å². The molecule has 0 atom stereocenters. The molecule has 1 aromatic rings. The summed E-state index contributed by atoms with van der Waals surface area (Å²) in [7, 11) is 3.27. The summed E-state index contributed by atoms with van der Waals surface area (Å²) in [4.78, 5) is 0. The molecule has 0 heterocycles. The average molecular weight is 287 g/mol. The SMILES string of the molecule is COc1cc(Br)cc(OC)c1C1(CO)CC1. The Morgan fingerprint density at radius 3 is 2.06 bits per heavy atom. The standard InChI is InChI=1S/C12H15BrO3/c1-15-9-5-8(13)6-10(16-2)11(9)12(7-14)3-4-12/h5-6,14H,3-4,7H2,1-2H3. The maximum absolute atomic E-state index is 9.50. The summed E-state index contributed by atoms with van der Waals surface area (Å²) in [5.41, 5.74) is 0.834. The van der Waals surface area contributed by atoms with Gasteiger partial charge in [-0.15, -0.1) is 0 Å². The summed E-state index contributed by atoms with van der Waals surface area (Å²) < 4.78 is 11.7. The first-order chi connectivity index (χ1) is 7.66. The van der Waals surface area contributed by atoms with Gasteiger partial charge in [-0.2, -0.15) is 0 Å². The molecule has 0 unspecified atom stereocenters. The number of rotatable bonds is 4. The molecule has 1 aliphatic carbocycles. The van der Waals surface area contributed by atoms with Crippen LogP contribution in [0, 0.1) is 0 Å². The summed E-state index contributed by atoms with van der Waals surface area (Å²) in [6.07, 6.45) is 1.97. The largest absolute Gasteiger partial charge is 0.496 e. The van der Waals surface area contributed by atoms with Crippen molar-refractivity contribution in [1.29, 1.82) is 0 Å². The van der Waals surface area contributed by atoms with Crippen LogP contribution in [-0.4, -0.2) is 25.9 Å². The molecular formula is C12H15BrO3. The molecule has 1 aromatic carbocycles. The smallest absolute Gasteiger partial charge is 0.127 e. The van der Waals surface area contributed by atoms with Crippen LogP contribution in [-0.2, 0) is 5.41 Å². The second-order valence-corrected chi connectivity index (χ2v) is 5.04. The van der Waals surface area contributed by atoms with Crippen molar-refractivity contribution >= 4 is 15.9 Å². The van der Waals surface area contributed by atoms with Gasteiger partial charge in [-0.1, -0.05) is 15.9 Å². The van der Waals surface area contributed by atoms with Crippen molar-refractivity contribution in [1.82, 2.24) is 0 Å². The molecule has 0 amide bonds. The van der Waals surface area contributed by atoms with Crippen LogP contribution in [0.5, 0.6) is 11.5 Å². The average Bonchev–Trinajstić information content (AvgIpc) is 3.08. The fraction of sp³-hybridized carbons (Fsp3) is 0.500. The van der Waals surface area contributed by atoms with Gasteiger partial charge in [0.25, 0.3) is 0 Å². The summed E-state index contributed by atoms with van der Waals surface area (Å²) in [6, 6.07) is 3.82. The van der Waals surface area contributed by atoms with Gasteiger partial charge in [-0.3, -0.25) is 0 Å². The number of methoxy groups -OCH3 is 2. The van der Waals surface area contributed by atoms with Gasteiger partial charge in [-0.05, 0) is 25.0 Å². The summed E-state index contributed by atoms with van der Waals surface area (Å²) in [5, 5.41) is 9.50. The van der Waals surface area contributed by atoms with Crippen LogP contribution < -0.4 is 9.47 Å². The molecule has 3 nitrogen and oxygen atoms in total. The highest BCUT2D eigenvalue weighted by atomic mass is 79.9. The lowest BCUT2D eigenvalue weighted by Crippen LogP contribution is -2.15. The predicted octanol–water partition coefficient (Wildman–Crippen LogP) is 2.49. The van der Waals surface area contributed by atoms with Crippen molar-refractivity contribution in [2.75, 3.05) is 20.8 Å². The lowest BCUT2D eigenvalue weighted by Gasteiger charge is -2.20. The van der Waals surface area contributed by atoms with Crippen LogP contribution in [0.4, 0.5) is 0 Å². The first-order valence-corrected chi connectivity index (χ1v) is 5.99. The molecule has 1 saturated carbocycles. The lowest BCUT2D eigenvalue weighted by atomic mass is 9.95. The number of hydrogen-bond acceptors (Lipinski definition) is 3. The third-order valence-electron chi connectivity index (χ3n) is 3.16. The van der Waals surface area contributed by atoms with Gasteiger partial charge in [0.2, 0.25) is 0 Å². The van der Waals surface area contributed by atoms with E-state index >= 15 is 0 Å². The molecular weight excluding hydrogens is 272 g/mol. The van der Waals surface area contributed by atoms with E-state index in [2.05, 4.69) is 15.9 Å². The van der Waals surface area contributed by atoms with E-state index in [1.165, 1.54) is 0 Å². The van der Waals surface area contributed by atoms with Crippen molar-refractivity contribution in [2.24, 2.45) is 0 Å². The summed E-state index contributed by atoms with van der Waals surface area (Å²) >= 11 is 3.42. The highest BCUT2D eigenvalue weighted by molar-refractivity contribution is 9.10. The minimum atomic E-state index is -0.155. The molecule has 0 aliphatic heterocycles. The molecule has 0 radical (unpaired) electrons. The molecule has 4 heteroatoms. The third-order valence-corrected chi connectivity index (χ3v) is 3.61. The van der Waals surface area contributed by atoms with Gasteiger partial charge in [-0.25, -0.2) is 0 Å². The Balaban J connectivity index is 2.56. The van der Waals surface area contributed by atoms with Crippen LogP contribution >= 0.6 is 15.9 Å². The number of ether oxygens (including phenoxy) is 2. The highest BCUT2D eigenvalue weighted by Gasteiger charge is 2.47. The minimum absolute atomic E-state index is 0.140. The Labute approximate surface area is 104 Å². The zero-order chi connectivity index (χ0) is 11.8. The Hall–Kier alpha value is -0.740. The molecule has 0 spiro atoms. The first-order valence-electron chi connectivity index (χ1n) is 5.20. The topological polar surface area (TPSA) is 38.7 Å². The Morgan fingerprint density at radius 1 is 1.25 bits per heavy atom. The lowest BCUT2D eigenvalue weighted by molar-refractivity contribution is 0.247. The van der Waals surface area contributed by atoms with Gasteiger partial charge < -0.3 is 14.6 Å². The molecule has 1 N–H and O–H groups in total. The molecule has 0 saturated heterocycles. The molecule has 2 rings (SSSR count). The molecule has 88 valence electrons. The summed E-state index contributed by atoms with van der Waals surface area (Å²) in [6.45, 7) is 0.140. The van der Waals surface area contributed by atoms with E-state index in [9.17, 15) is 5.11 Å². The Bertz CT molecular complexity index is 374. The van der Waals surface area contributed by atoms with Crippen LogP contribution in [0.25, 0.3) is 0 Å². The fourth-order valence-electron chi connectivity index (χ4n) is 2.04. The second kappa shape index (κ2) is 4.26. The Kier molecular flexibility index (Phi) is 3.13. The van der Waals surface area contributed by atoms with Crippen molar-refractivity contribution in [3.05, 3.63) is 22.2 Å². The van der Waals surface area contributed by atoms with Gasteiger partial charge in [0.1, 0.15) is 11.5 Å². The molecule has 1 aliphatic rings. The first kappa shape index (κ1) is 11.7. The van der Waals surface area contributed by atoms with E-state index in [4.69, 9.17) is 9.47 Å². The Morgan fingerprint density at radius 2 is 1.75 bits per heavy atom. The molecule has 1 fully saturated rings. The zero-order valence-electron chi connectivity index (χ0n) is 9.42. The molecule has 16 heavy (non-hydrogen) atoms. The van der Waals surface area contributed by atoms with E-state index in [1.807, 2.05) is 12.1 Å². The van der Waals surface area contributed by atoms with Crippen LogP contribution in [0.1, 0.15) is 18.4 Å². The fourth-order valence-corrected chi connectivity index (χ4v) is 2.46. The quantitative estimate of drug-likeness (QED) is 0.924. The second-order valence-electron chi connectivity index (χ2n) is 4.12. The van der Waals surface area contributed by atoms with E-state index < -0.39 is 0 Å². The van der Waals surface area contributed by atoms with E-state index in [1.54, 1.807) is 14.2 Å². The van der Waals surface area contributed by atoms with Crippen molar-refractivity contribution in [3.8, 4) is 11.5 Å². The van der Waals surface area contributed by atoms with Crippen molar-refractivity contribution in [2.45, 2.75) is 18.3 Å². The number of aliphatic hydroxyl groups excluding tert-OH is 1. The van der Waals surface area contributed by atoms with Gasteiger partial charge in [0, 0.05) is 15.5 Å². The summed E-state index contributed by atoms with van der Waals surface area (Å²) in [5.74, 6) is 1.55. The minimum Gasteiger partial charge on any atom is -0.496 e. The number of halogens is 1. The monoisotopic (exact) mass is 286 g/mol. The predicted molar refractivity (Wildman–Crippen MR) is 65.2 cm³/mol. The maximum atomic E-state index is 9.50. The van der Waals surface area contributed by atoms with E-state index in [-0.39, 0.29) is 12.0 Å². The molecule has 0 bridgehead atoms. The third kappa shape index (κ3) is 1.80. The van der Waals surface area contributed by atoms with Gasteiger partial charge >= 0.3 is 0 Å². The highest BCUT2D eigenvalue weighted by Crippen LogP contribution is 2.54. The zero-order valence-corrected chi connectivity index (χ0v) is 11.0. The van der Waals surface area contributed by atoms with E-state index in [0.29, 0.717) is 0 Å². The maximum Gasteiger partial charge on any atom is 0.127 e. The van der Waals surface area contributed by atoms with Gasteiger partial charge in [0.15, 0.2) is 0 Å². The van der Waals surface area contributed by atoms with Crippen molar-refractivity contribution < 1.29 is 14.6 Å². The van der Waals surface area contributed by atoms with Crippen LogP contribution in [0.2, 0.25) is 0 Å². The molecule has 0 aromatic heterocycles. The van der Waals surface area contributed by atoms with Crippen molar-refractivity contribution in [3.63, 3.8) is 0 Å². The number of aliphatic hydroxyl groups is 1.